The molecule has 0 radical (unpaired) electrons. The SMILES string of the molecule is CC(C)CNCc1ccn(Cc2cc(F)ccc2C#N)c1. The van der Waals surface area contributed by atoms with E-state index in [1.54, 1.807) is 0 Å². The van der Waals surface area contributed by atoms with Crippen LogP contribution in [0.2, 0.25) is 0 Å². The summed E-state index contributed by atoms with van der Waals surface area (Å²) in [7, 11) is 0. The average Bonchev–Trinajstić information content (AvgIpc) is 2.86. The lowest BCUT2D eigenvalue weighted by molar-refractivity contribution is 0.552. The molecule has 0 aliphatic heterocycles. The standard InChI is InChI=1S/C17H20FN3/c1-13(2)9-20-10-14-5-6-21(11-14)12-16-7-17(18)4-3-15(16)8-19/h3-7,11,13,20H,9-10,12H2,1-2H3. The minimum Gasteiger partial charge on any atom is -0.350 e. The lowest BCUT2D eigenvalue weighted by Crippen LogP contribution is -2.18. The third kappa shape index (κ3) is 4.44. The second-order valence-electron chi connectivity index (χ2n) is 5.63. The Balaban J connectivity index is 2.03. The summed E-state index contributed by atoms with van der Waals surface area (Å²) >= 11 is 0. The summed E-state index contributed by atoms with van der Waals surface area (Å²) in [6.45, 7) is 6.65. The fourth-order valence-corrected chi connectivity index (χ4v) is 2.20. The van der Waals surface area contributed by atoms with E-state index in [9.17, 15) is 4.39 Å². The van der Waals surface area contributed by atoms with E-state index in [0.717, 1.165) is 13.1 Å². The Kier molecular flexibility index (Phi) is 5.13. The van der Waals surface area contributed by atoms with Crippen LogP contribution < -0.4 is 5.32 Å². The topological polar surface area (TPSA) is 40.8 Å². The van der Waals surface area contributed by atoms with E-state index in [2.05, 4.69) is 25.2 Å². The molecular formula is C17H20FN3. The van der Waals surface area contributed by atoms with E-state index in [1.165, 1.54) is 23.8 Å². The van der Waals surface area contributed by atoms with E-state index >= 15 is 0 Å². The van der Waals surface area contributed by atoms with Gasteiger partial charge in [0, 0.05) is 25.5 Å². The molecular weight excluding hydrogens is 265 g/mol. The predicted molar refractivity (Wildman–Crippen MR) is 81.2 cm³/mol. The second kappa shape index (κ2) is 7.05. The zero-order valence-corrected chi connectivity index (χ0v) is 12.4. The first kappa shape index (κ1) is 15.3. The van der Waals surface area contributed by atoms with Crippen LogP contribution in [0.1, 0.15) is 30.5 Å². The molecule has 0 saturated carbocycles. The Morgan fingerprint density at radius 1 is 1.33 bits per heavy atom. The van der Waals surface area contributed by atoms with Crippen molar-refractivity contribution in [3.63, 3.8) is 0 Å². The van der Waals surface area contributed by atoms with Crippen LogP contribution in [-0.2, 0) is 13.1 Å². The number of rotatable bonds is 6. The van der Waals surface area contributed by atoms with Gasteiger partial charge >= 0.3 is 0 Å². The van der Waals surface area contributed by atoms with Gasteiger partial charge in [0.2, 0.25) is 0 Å². The van der Waals surface area contributed by atoms with Gasteiger partial charge in [-0.3, -0.25) is 0 Å². The molecule has 0 amide bonds. The highest BCUT2D eigenvalue weighted by Gasteiger charge is 2.05. The van der Waals surface area contributed by atoms with Crippen LogP contribution in [0.3, 0.4) is 0 Å². The second-order valence-corrected chi connectivity index (χ2v) is 5.63. The van der Waals surface area contributed by atoms with Gasteiger partial charge in [0.25, 0.3) is 0 Å². The Labute approximate surface area is 125 Å². The third-order valence-electron chi connectivity index (χ3n) is 3.23. The number of hydrogen-bond acceptors (Lipinski definition) is 2. The van der Waals surface area contributed by atoms with Crippen LogP contribution >= 0.6 is 0 Å². The maximum atomic E-state index is 13.3. The van der Waals surface area contributed by atoms with E-state index in [1.807, 2.05) is 23.0 Å². The van der Waals surface area contributed by atoms with Crippen molar-refractivity contribution in [3.8, 4) is 6.07 Å². The smallest absolute Gasteiger partial charge is 0.123 e. The van der Waals surface area contributed by atoms with Crippen molar-refractivity contribution in [1.82, 2.24) is 9.88 Å². The summed E-state index contributed by atoms with van der Waals surface area (Å²) in [5.41, 5.74) is 2.41. The highest BCUT2D eigenvalue weighted by Crippen LogP contribution is 2.13. The van der Waals surface area contributed by atoms with Gasteiger partial charge in [-0.1, -0.05) is 13.8 Å². The summed E-state index contributed by atoms with van der Waals surface area (Å²) in [4.78, 5) is 0. The molecule has 4 heteroatoms. The van der Waals surface area contributed by atoms with Crippen LogP contribution in [0, 0.1) is 23.1 Å². The Morgan fingerprint density at radius 3 is 2.86 bits per heavy atom. The molecule has 0 atom stereocenters. The van der Waals surface area contributed by atoms with Gasteiger partial charge in [0.1, 0.15) is 5.82 Å². The van der Waals surface area contributed by atoms with E-state index in [-0.39, 0.29) is 5.82 Å². The first-order chi connectivity index (χ1) is 10.1. The summed E-state index contributed by atoms with van der Waals surface area (Å²) in [6, 6.07) is 8.42. The summed E-state index contributed by atoms with van der Waals surface area (Å²) in [5, 5.41) is 12.5. The zero-order chi connectivity index (χ0) is 15.2. The average molecular weight is 285 g/mol. The van der Waals surface area contributed by atoms with E-state index in [0.29, 0.717) is 23.6 Å². The van der Waals surface area contributed by atoms with Crippen molar-refractivity contribution in [3.05, 3.63) is 59.2 Å². The summed E-state index contributed by atoms with van der Waals surface area (Å²) < 4.78 is 15.3. The number of nitrogens with zero attached hydrogens (tertiary/aromatic N) is 2. The monoisotopic (exact) mass is 285 g/mol. The first-order valence-electron chi connectivity index (χ1n) is 7.12. The minimum absolute atomic E-state index is 0.310. The van der Waals surface area contributed by atoms with Gasteiger partial charge in [-0.25, -0.2) is 4.39 Å². The molecule has 21 heavy (non-hydrogen) atoms. The summed E-state index contributed by atoms with van der Waals surface area (Å²) in [6.07, 6.45) is 3.98. The summed E-state index contributed by atoms with van der Waals surface area (Å²) in [5.74, 6) is 0.313. The van der Waals surface area contributed by atoms with Gasteiger partial charge in [-0.2, -0.15) is 5.26 Å². The number of nitriles is 1. The Bertz CT molecular complexity index is 638. The molecule has 0 spiro atoms. The van der Waals surface area contributed by atoms with Gasteiger partial charge in [0.15, 0.2) is 0 Å². The molecule has 1 N–H and O–H groups in total. The van der Waals surface area contributed by atoms with Crippen molar-refractivity contribution in [2.75, 3.05) is 6.54 Å². The van der Waals surface area contributed by atoms with Crippen molar-refractivity contribution in [1.29, 1.82) is 5.26 Å². The number of halogens is 1. The molecule has 1 heterocycles. The first-order valence-corrected chi connectivity index (χ1v) is 7.12. The van der Waals surface area contributed by atoms with Crippen molar-refractivity contribution in [2.45, 2.75) is 26.9 Å². The molecule has 1 aromatic heterocycles. The molecule has 0 aliphatic rings. The van der Waals surface area contributed by atoms with Crippen molar-refractivity contribution >= 4 is 0 Å². The lowest BCUT2D eigenvalue weighted by Gasteiger charge is -2.07. The number of hydrogen-bond donors (Lipinski definition) is 1. The zero-order valence-electron chi connectivity index (χ0n) is 12.4. The normalized spacial score (nSPS) is 10.8. The van der Waals surface area contributed by atoms with Gasteiger partial charge in [0.05, 0.1) is 11.6 Å². The highest BCUT2D eigenvalue weighted by molar-refractivity contribution is 5.38. The fourth-order valence-electron chi connectivity index (χ4n) is 2.20. The van der Waals surface area contributed by atoms with Crippen LogP contribution in [0.5, 0.6) is 0 Å². The van der Waals surface area contributed by atoms with Gasteiger partial charge in [-0.15, -0.1) is 0 Å². The molecule has 0 unspecified atom stereocenters. The molecule has 0 fully saturated rings. The largest absolute Gasteiger partial charge is 0.350 e. The molecule has 2 aromatic rings. The van der Waals surface area contributed by atoms with Crippen LogP contribution in [0.4, 0.5) is 4.39 Å². The lowest BCUT2D eigenvalue weighted by atomic mass is 10.1. The van der Waals surface area contributed by atoms with Crippen LogP contribution in [0.15, 0.2) is 36.7 Å². The number of nitrogens with one attached hydrogen (secondary N) is 1. The number of aromatic nitrogens is 1. The maximum absolute atomic E-state index is 13.3. The third-order valence-corrected chi connectivity index (χ3v) is 3.23. The fraction of sp³-hybridized carbons (Fsp3) is 0.353. The minimum atomic E-state index is -0.310. The molecule has 0 bridgehead atoms. The molecule has 0 aliphatic carbocycles. The Hall–Kier alpha value is -2.12. The molecule has 3 nitrogen and oxygen atoms in total. The Morgan fingerprint density at radius 2 is 2.14 bits per heavy atom. The van der Waals surface area contributed by atoms with Gasteiger partial charge in [-0.05, 0) is 47.9 Å². The predicted octanol–water partition coefficient (Wildman–Crippen LogP) is 3.29. The number of benzene rings is 1. The van der Waals surface area contributed by atoms with Crippen molar-refractivity contribution < 1.29 is 4.39 Å². The highest BCUT2D eigenvalue weighted by atomic mass is 19.1. The van der Waals surface area contributed by atoms with Crippen LogP contribution in [0.25, 0.3) is 0 Å². The van der Waals surface area contributed by atoms with Crippen molar-refractivity contribution in [2.24, 2.45) is 5.92 Å². The molecule has 110 valence electrons. The van der Waals surface area contributed by atoms with Gasteiger partial charge < -0.3 is 9.88 Å². The van der Waals surface area contributed by atoms with E-state index in [4.69, 9.17) is 5.26 Å². The molecule has 1 aromatic carbocycles. The maximum Gasteiger partial charge on any atom is 0.123 e. The molecule has 2 rings (SSSR count). The molecule has 0 saturated heterocycles. The van der Waals surface area contributed by atoms with E-state index < -0.39 is 0 Å². The quantitative estimate of drug-likeness (QED) is 0.884. The van der Waals surface area contributed by atoms with Crippen LogP contribution in [-0.4, -0.2) is 11.1 Å².